The number of hydrogen-bond donors (Lipinski definition) is 1. The second-order valence-electron chi connectivity index (χ2n) is 4.04. The number of benzene rings is 1. The van der Waals surface area contributed by atoms with Gasteiger partial charge in [-0.25, -0.2) is 0 Å². The Hall–Kier alpha value is -0.730. The van der Waals surface area contributed by atoms with Gasteiger partial charge in [0.05, 0.1) is 12.1 Å². The molecule has 82 valence electrons. The molecule has 2 rings (SSSR count). The van der Waals surface area contributed by atoms with Gasteiger partial charge in [-0.05, 0) is 43.0 Å². The van der Waals surface area contributed by atoms with Crippen LogP contribution in [-0.2, 0) is 6.54 Å². The van der Waals surface area contributed by atoms with Gasteiger partial charge in [-0.1, -0.05) is 17.7 Å². The molecule has 1 aromatic rings. The minimum atomic E-state index is 0.684. The highest BCUT2D eigenvalue weighted by atomic mass is 35.5. The molecule has 1 aliphatic carbocycles. The Bertz CT molecular complexity index is 336. The van der Waals surface area contributed by atoms with Gasteiger partial charge in [0.25, 0.3) is 0 Å². The van der Waals surface area contributed by atoms with Crippen molar-refractivity contribution in [1.29, 1.82) is 0 Å². The Balaban J connectivity index is 1.87. The number of nitrogens with one attached hydrogen (secondary N) is 1. The van der Waals surface area contributed by atoms with Gasteiger partial charge in [0, 0.05) is 6.54 Å². The quantitative estimate of drug-likeness (QED) is 0.832. The predicted molar refractivity (Wildman–Crippen MR) is 62.4 cm³/mol. The summed E-state index contributed by atoms with van der Waals surface area (Å²) >= 11 is 6.03. The van der Waals surface area contributed by atoms with Crippen molar-refractivity contribution in [2.45, 2.75) is 19.4 Å². The average molecular weight is 226 g/mol. The summed E-state index contributed by atoms with van der Waals surface area (Å²) in [6, 6.07) is 5.92. The Kier molecular flexibility index (Phi) is 3.49. The van der Waals surface area contributed by atoms with Crippen LogP contribution in [0.4, 0.5) is 0 Å². The maximum absolute atomic E-state index is 6.03. The fraction of sp³-hybridized carbons (Fsp3) is 0.500. The summed E-state index contributed by atoms with van der Waals surface area (Å²) < 4.78 is 5.10. The third-order valence-electron chi connectivity index (χ3n) is 2.68. The maximum atomic E-state index is 6.03. The van der Waals surface area contributed by atoms with E-state index in [4.69, 9.17) is 16.3 Å². The molecule has 0 aliphatic heterocycles. The number of rotatable bonds is 5. The van der Waals surface area contributed by atoms with Crippen LogP contribution in [0.5, 0.6) is 5.75 Å². The summed E-state index contributed by atoms with van der Waals surface area (Å²) in [5, 5.41) is 4.11. The van der Waals surface area contributed by atoms with Crippen molar-refractivity contribution in [2.75, 3.05) is 13.7 Å². The molecule has 1 aromatic carbocycles. The highest BCUT2D eigenvalue weighted by Gasteiger charge is 2.20. The van der Waals surface area contributed by atoms with E-state index in [2.05, 4.69) is 5.32 Å². The minimum absolute atomic E-state index is 0.684. The molecule has 0 bridgehead atoms. The Labute approximate surface area is 95.6 Å². The first-order valence-electron chi connectivity index (χ1n) is 5.32. The standard InChI is InChI=1S/C12H16ClNO/c1-15-12-5-4-10(6-11(12)13)8-14-7-9-2-3-9/h4-6,9,14H,2-3,7-8H2,1H3. The zero-order valence-corrected chi connectivity index (χ0v) is 9.68. The molecule has 1 saturated carbocycles. The minimum Gasteiger partial charge on any atom is -0.495 e. The van der Waals surface area contributed by atoms with Gasteiger partial charge >= 0.3 is 0 Å². The van der Waals surface area contributed by atoms with Crippen LogP contribution in [-0.4, -0.2) is 13.7 Å². The van der Waals surface area contributed by atoms with Crippen molar-refractivity contribution in [2.24, 2.45) is 5.92 Å². The smallest absolute Gasteiger partial charge is 0.137 e. The molecule has 0 radical (unpaired) electrons. The average Bonchev–Trinajstić information content (AvgIpc) is 3.02. The Morgan fingerprint density at radius 1 is 1.47 bits per heavy atom. The lowest BCUT2D eigenvalue weighted by molar-refractivity contribution is 0.415. The van der Waals surface area contributed by atoms with Crippen LogP contribution >= 0.6 is 11.6 Å². The van der Waals surface area contributed by atoms with E-state index in [9.17, 15) is 0 Å². The van der Waals surface area contributed by atoms with Crippen molar-refractivity contribution in [1.82, 2.24) is 5.32 Å². The fourth-order valence-electron chi connectivity index (χ4n) is 1.56. The van der Waals surface area contributed by atoms with Gasteiger partial charge in [-0.2, -0.15) is 0 Å². The van der Waals surface area contributed by atoms with Gasteiger partial charge in [0.15, 0.2) is 0 Å². The van der Waals surface area contributed by atoms with Gasteiger partial charge in [-0.3, -0.25) is 0 Å². The van der Waals surface area contributed by atoms with Crippen LogP contribution in [0.1, 0.15) is 18.4 Å². The van der Waals surface area contributed by atoms with E-state index in [0.29, 0.717) is 5.02 Å². The van der Waals surface area contributed by atoms with E-state index in [0.717, 1.165) is 24.8 Å². The first kappa shape index (κ1) is 10.8. The summed E-state index contributed by atoms with van der Waals surface area (Å²) in [6.45, 7) is 2.02. The predicted octanol–water partition coefficient (Wildman–Crippen LogP) is 2.85. The van der Waals surface area contributed by atoms with E-state index in [1.807, 2.05) is 18.2 Å². The molecule has 0 heterocycles. The van der Waals surface area contributed by atoms with E-state index >= 15 is 0 Å². The lowest BCUT2D eigenvalue weighted by Gasteiger charge is -2.07. The number of halogens is 1. The molecule has 2 nitrogen and oxygen atoms in total. The van der Waals surface area contributed by atoms with E-state index in [-0.39, 0.29) is 0 Å². The Morgan fingerprint density at radius 3 is 2.87 bits per heavy atom. The molecular weight excluding hydrogens is 210 g/mol. The van der Waals surface area contributed by atoms with Crippen LogP contribution in [0, 0.1) is 5.92 Å². The first-order chi connectivity index (χ1) is 7.29. The molecule has 0 unspecified atom stereocenters. The summed E-state index contributed by atoms with van der Waals surface area (Å²) in [5.74, 6) is 1.65. The third kappa shape index (κ3) is 3.11. The van der Waals surface area contributed by atoms with E-state index < -0.39 is 0 Å². The summed E-state index contributed by atoms with van der Waals surface area (Å²) in [7, 11) is 1.63. The second-order valence-corrected chi connectivity index (χ2v) is 4.45. The maximum Gasteiger partial charge on any atom is 0.137 e. The van der Waals surface area contributed by atoms with Gasteiger partial charge in [0.2, 0.25) is 0 Å². The van der Waals surface area contributed by atoms with Crippen LogP contribution in [0.2, 0.25) is 5.02 Å². The van der Waals surface area contributed by atoms with Crippen LogP contribution in [0.15, 0.2) is 18.2 Å². The Morgan fingerprint density at radius 2 is 2.27 bits per heavy atom. The van der Waals surface area contributed by atoms with Crippen molar-refractivity contribution >= 4 is 11.6 Å². The number of methoxy groups -OCH3 is 1. The van der Waals surface area contributed by atoms with E-state index in [1.54, 1.807) is 7.11 Å². The largest absolute Gasteiger partial charge is 0.495 e. The number of ether oxygens (including phenoxy) is 1. The highest BCUT2D eigenvalue weighted by Crippen LogP contribution is 2.28. The van der Waals surface area contributed by atoms with Crippen LogP contribution in [0.3, 0.4) is 0 Å². The van der Waals surface area contributed by atoms with E-state index in [1.165, 1.54) is 18.4 Å². The monoisotopic (exact) mass is 225 g/mol. The molecule has 3 heteroatoms. The summed E-state index contributed by atoms with van der Waals surface area (Å²) in [6.07, 6.45) is 2.77. The van der Waals surface area contributed by atoms with Gasteiger partial charge in [0.1, 0.15) is 5.75 Å². The summed E-state index contributed by atoms with van der Waals surface area (Å²) in [4.78, 5) is 0. The van der Waals surface area contributed by atoms with Crippen molar-refractivity contribution in [3.8, 4) is 5.75 Å². The third-order valence-corrected chi connectivity index (χ3v) is 2.97. The zero-order valence-electron chi connectivity index (χ0n) is 8.92. The highest BCUT2D eigenvalue weighted by molar-refractivity contribution is 6.32. The molecule has 0 amide bonds. The fourth-order valence-corrected chi connectivity index (χ4v) is 1.84. The van der Waals surface area contributed by atoms with Gasteiger partial charge in [-0.15, -0.1) is 0 Å². The molecule has 1 fully saturated rings. The van der Waals surface area contributed by atoms with Crippen LogP contribution in [0.25, 0.3) is 0 Å². The normalized spacial score (nSPS) is 15.3. The molecular formula is C12H16ClNO. The SMILES string of the molecule is COc1ccc(CNCC2CC2)cc1Cl. The molecule has 1 aliphatic rings. The zero-order chi connectivity index (χ0) is 10.7. The lowest BCUT2D eigenvalue weighted by Crippen LogP contribution is -2.15. The van der Waals surface area contributed by atoms with Gasteiger partial charge < -0.3 is 10.1 Å². The molecule has 0 aromatic heterocycles. The second kappa shape index (κ2) is 4.86. The lowest BCUT2D eigenvalue weighted by atomic mass is 10.2. The molecule has 15 heavy (non-hydrogen) atoms. The van der Waals surface area contributed by atoms with Crippen LogP contribution < -0.4 is 10.1 Å². The molecule has 0 spiro atoms. The summed E-state index contributed by atoms with van der Waals surface area (Å²) in [5.41, 5.74) is 1.21. The molecule has 0 atom stereocenters. The van der Waals surface area contributed by atoms with Crippen molar-refractivity contribution in [3.05, 3.63) is 28.8 Å². The van der Waals surface area contributed by atoms with Crippen molar-refractivity contribution < 1.29 is 4.74 Å². The number of hydrogen-bond acceptors (Lipinski definition) is 2. The first-order valence-corrected chi connectivity index (χ1v) is 5.70. The molecule has 1 N–H and O–H groups in total. The van der Waals surface area contributed by atoms with Crippen molar-refractivity contribution in [3.63, 3.8) is 0 Å². The molecule has 0 saturated heterocycles. The topological polar surface area (TPSA) is 21.3 Å².